The first-order chi connectivity index (χ1) is 7.56. The van der Waals surface area contributed by atoms with Crippen LogP contribution in [-0.2, 0) is 19.2 Å². The van der Waals surface area contributed by atoms with Crippen LogP contribution in [0.4, 0.5) is 0 Å². The number of thioether (sulfide) groups is 1. The van der Waals surface area contributed by atoms with Gasteiger partial charge in [0.05, 0.1) is 15.9 Å². The van der Waals surface area contributed by atoms with Gasteiger partial charge in [-0.3, -0.25) is 4.68 Å². The molecule has 0 aliphatic rings. The normalized spacial score (nSPS) is 11.4. The standard InChI is InChI=1S/C11H20BrN3S/c1-5-9-11(12)10(15(4)13-9)8-16-7-6-14(2)3/h5-8H2,1-4H3. The van der Waals surface area contributed by atoms with Crippen LogP contribution in [0.2, 0.25) is 0 Å². The highest BCUT2D eigenvalue weighted by Crippen LogP contribution is 2.25. The second-order valence-electron chi connectivity index (χ2n) is 4.04. The number of hydrogen-bond donors (Lipinski definition) is 0. The Bertz CT molecular complexity index is 336. The van der Waals surface area contributed by atoms with E-state index in [1.807, 2.05) is 23.5 Å². The van der Waals surface area contributed by atoms with Gasteiger partial charge in [-0.1, -0.05) is 6.92 Å². The lowest BCUT2D eigenvalue weighted by Crippen LogP contribution is -2.15. The maximum atomic E-state index is 4.49. The summed E-state index contributed by atoms with van der Waals surface area (Å²) in [5.41, 5.74) is 2.45. The second-order valence-corrected chi connectivity index (χ2v) is 5.94. The van der Waals surface area contributed by atoms with Crippen molar-refractivity contribution in [1.29, 1.82) is 0 Å². The minimum atomic E-state index is 0.983. The molecule has 1 rings (SSSR count). The van der Waals surface area contributed by atoms with Crippen LogP contribution in [0.25, 0.3) is 0 Å². The van der Waals surface area contributed by atoms with E-state index in [4.69, 9.17) is 0 Å². The van der Waals surface area contributed by atoms with Gasteiger partial charge in [0.25, 0.3) is 0 Å². The molecule has 0 fully saturated rings. The summed E-state index contributed by atoms with van der Waals surface area (Å²) in [5.74, 6) is 2.18. The Morgan fingerprint density at radius 3 is 2.62 bits per heavy atom. The van der Waals surface area contributed by atoms with Crippen molar-refractivity contribution in [2.45, 2.75) is 19.1 Å². The van der Waals surface area contributed by atoms with Crippen molar-refractivity contribution in [1.82, 2.24) is 14.7 Å². The van der Waals surface area contributed by atoms with Crippen LogP contribution in [0, 0.1) is 0 Å². The Balaban J connectivity index is 2.50. The van der Waals surface area contributed by atoms with Gasteiger partial charge in [-0.15, -0.1) is 0 Å². The van der Waals surface area contributed by atoms with Crippen LogP contribution in [-0.4, -0.2) is 41.1 Å². The first-order valence-corrected chi connectivity index (χ1v) is 7.43. The number of nitrogens with zero attached hydrogens (tertiary/aromatic N) is 3. The van der Waals surface area contributed by atoms with Crippen molar-refractivity contribution in [3.8, 4) is 0 Å². The Labute approximate surface area is 111 Å². The molecule has 0 N–H and O–H groups in total. The Morgan fingerprint density at radius 2 is 2.12 bits per heavy atom. The molecule has 0 atom stereocenters. The van der Waals surface area contributed by atoms with Crippen LogP contribution in [0.15, 0.2) is 4.47 Å². The molecule has 0 amide bonds. The molecule has 0 saturated carbocycles. The van der Waals surface area contributed by atoms with Gasteiger partial charge in [-0.2, -0.15) is 16.9 Å². The van der Waals surface area contributed by atoms with E-state index < -0.39 is 0 Å². The van der Waals surface area contributed by atoms with E-state index in [1.54, 1.807) is 0 Å². The molecule has 0 radical (unpaired) electrons. The van der Waals surface area contributed by atoms with Crippen LogP contribution < -0.4 is 0 Å². The van der Waals surface area contributed by atoms with Crippen LogP contribution in [0.1, 0.15) is 18.3 Å². The second kappa shape index (κ2) is 6.67. The predicted molar refractivity (Wildman–Crippen MR) is 75.0 cm³/mol. The molecule has 5 heteroatoms. The highest BCUT2D eigenvalue weighted by atomic mass is 79.9. The molecule has 0 aromatic carbocycles. The van der Waals surface area contributed by atoms with E-state index in [9.17, 15) is 0 Å². The smallest absolute Gasteiger partial charge is 0.0767 e. The average molecular weight is 306 g/mol. The maximum absolute atomic E-state index is 4.49. The fourth-order valence-electron chi connectivity index (χ4n) is 1.39. The van der Waals surface area contributed by atoms with E-state index in [0.29, 0.717) is 0 Å². The van der Waals surface area contributed by atoms with Crippen molar-refractivity contribution in [3.05, 3.63) is 15.9 Å². The number of rotatable bonds is 6. The minimum absolute atomic E-state index is 0.983. The van der Waals surface area contributed by atoms with E-state index in [0.717, 1.165) is 30.2 Å². The van der Waals surface area contributed by atoms with Crippen molar-refractivity contribution < 1.29 is 0 Å². The first kappa shape index (κ1) is 14.1. The number of halogens is 1. The summed E-state index contributed by atoms with van der Waals surface area (Å²) in [6.07, 6.45) is 0.983. The molecule has 92 valence electrons. The summed E-state index contributed by atoms with van der Waals surface area (Å²) in [5, 5.41) is 4.49. The summed E-state index contributed by atoms with van der Waals surface area (Å²) in [6.45, 7) is 3.26. The van der Waals surface area contributed by atoms with Gasteiger partial charge in [0.15, 0.2) is 0 Å². The maximum Gasteiger partial charge on any atom is 0.0767 e. The SMILES string of the molecule is CCc1nn(C)c(CSCCN(C)C)c1Br. The third-order valence-electron chi connectivity index (χ3n) is 2.42. The lowest BCUT2D eigenvalue weighted by atomic mass is 10.3. The summed E-state index contributed by atoms with van der Waals surface area (Å²) < 4.78 is 3.18. The van der Waals surface area contributed by atoms with Crippen molar-refractivity contribution in [2.75, 3.05) is 26.4 Å². The zero-order valence-corrected chi connectivity index (χ0v) is 12.9. The Morgan fingerprint density at radius 1 is 1.44 bits per heavy atom. The fourth-order valence-corrected chi connectivity index (χ4v) is 3.50. The Kier molecular flexibility index (Phi) is 5.86. The first-order valence-electron chi connectivity index (χ1n) is 5.49. The zero-order valence-electron chi connectivity index (χ0n) is 10.5. The fraction of sp³-hybridized carbons (Fsp3) is 0.727. The van der Waals surface area contributed by atoms with Gasteiger partial charge >= 0.3 is 0 Å². The minimum Gasteiger partial charge on any atom is -0.309 e. The van der Waals surface area contributed by atoms with Crippen molar-refractivity contribution in [3.63, 3.8) is 0 Å². The lowest BCUT2D eigenvalue weighted by Gasteiger charge is -2.08. The molecule has 1 aromatic rings. The third-order valence-corrected chi connectivity index (χ3v) is 4.29. The molecule has 1 heterocycles. The zero-order chi connectivity index (χ0) is 12.1. The molecular weight excluding hydrogens is 286 g/mol. The van der Waals surface area contributed by atoms with Gasteiger partial charge in [0.1, 0.15) is 0 Å². The molecular formula is C11H20BrN3S. The largest absolute Gasteiger partial charge is 0.309 e. The quantitative estimate of drug-likeness (QED) is 0.754. The van der Waals surface area contributed by atoms with Crippen molar-refractivity contribution in [2.24, 2.45) is 7.05 Å². The topological polar surface area (TPSA) is 21.1 Å². The summed E-state index contributed by atoms with van der Waals surface area (Å²) in [4.78, 5) is 2.21. The van der Waals surface area contributed by atoms with Gasteiger partial charge in [-0.25, -0.2) is 0 Å². The van der Waals surface area contributed by atoms with E-state index in [2.05, 4.69) is 46.9 Å². The highest BCUT2D eigenvalue weighted by molar-refractivity contribution is 9.10. The van der Waals surface area contributed by atoms with Crippen LogP contribution in [0.3, 0.4) is 0 Å². The van der Waals surface area contributed by atoms with E-state index in [-0.39, 0.29) is 0 Å². The molecule has 16 heavy (non-hydrogen) atoms. The van der Waals surface area contributed by atoms with Crippen LogP contribution >= 0.6 is 27.7 Å². The van der Waals surface area contributed by atoms with Crippen molar-refractivity contribution >= 4 is 27.7 Å². The van der Waals surface area contributed by atoms with E-state index >= 15 is 0 Å². The van der Waals surface area contributed by atoms with Gasteiger partial charge in [0.2, 0.25) is 0 Å². The molecule has 3 nitrogen and oxygen atoms in total. The molecule has 0 bridgehead atoms. The summed E-state index contributed by atoms with van der Waals surface area (Å²) in [6, 6.07) is 0. The van der Waals surface area contributed by atoms with Gasteiger partial charge in [-0.05, 0) is 36.4 Å². The van der Waals surface area contributed by atoms with Gasteiger partial charge in [0, 0.05) is 25.1 Å². The Hall–Kier alpha value is -0.0000000000000000555. The molecule has 1 aromatic heterocycles. The molecule has 0 spiro atoms. The van der Waals surface area contributed by atoms with Crippen LogP contribution in [0.5, 0.6) is 0 Å². The number of aryl methyl sites for hydroxylation is 2. The highest BCUT2D eigenvalue weighted by Gasteiger charge is 2.11. The molecule has 0 unspecified atom stereocenters. The van der Waals surface area contributed by atoms with E-state index in [1.165, 1.54) is 10.2 Å². The monoisotopic (exact) mass is 305 g/mol. The summed E-state index contributed by atoms with van der Waals surface area (Å²) in [7, 11) is 6.23. The number of aromatic nitrogens is 2. The predicted octanol–water partition coefficient (Wildman–Crippen LogP) is 2.54. The molecule has 0 saturated heterocycles. The number of hydrogen-bond acceptors (Lipinski definition) is 3. The molecule has 0 aliphatic heterocycles. The van der Waals surface area contributed by atoms with Gasteiger partial charge < -0.3 is 4.90 Å². The summed E-state index contributed by atoms with van der Waals surface area (Å²) >= 11 is 5.59. The average Bonchev–Trinajstić information content (AvgIpc) is 2.50. The lowest BCUT2D eigenvalue weighted by molar-refractivity contribution is 0.437. The molecule has 0 aliphatic carbocycles. The third kappa shape index (κ3) is 3.79.